The van der Waals surface area contributed by atoms with E-state index >= 15 is 0 Å². The largest absolute Gasteiger partial charge is 0.416 e. The van der Waals surface area contributed by atoms with Crippen LogP contribution in [-0.2, 0) is 22.3 Å². The number of anilines is 1. The van der Waals surface area contributed by atoms with Gasteiger partial charge in [-0.2, -0.15) is 13.2 Å². The molecule has 0 heterocycles. The van der Waals surface area contributed by atoms with Crippen LogP contribution in [0.3, 0.4) is 0 Å². The molecule has 0 aliphatic rings. The average molecular weight is 578 g/mol. The molecule has 5 N–H and O–H groups in total. The zero-order valence-corrected chi connectivity index (χ0v) is 24.8. The summed E-state index contributed by atoms with van der Waals surface area (Å²) in [5, 5.41) is 14.0. The second-order valence-corrected chi connectivity index (χ2v) is 11.6. The summed E-state index contributed by atoms with van der Waals surface area (Å²) in [6, 6.07) is 7.94. The Balaban J connectivity index is 2.11. The van der Waals surface area contributed by atoms with Gasteiger partial charge in [0.25, 0.3) is 5.91 Å². The molecular weight excluding hydrogens is 535 g/mol. The lowest BCUT2D eigenvalue weighted by atomic mass is 10.1. The molecule has 41 heavy (non-hydrogen) atoms. The van der Waals surface area contributed by atoms with Crippen molar-refractivity contribution in [2.24, 2.45) is 5.92 Å². The highest BCUT2D eigenvalue weighted by atomic mass is 19.4. The predicted molar refractivity (Wildman–Crippen MR) is 155 cm³/mol. The molecule has 2 aromatic carbocycles. The van der Waals surface area contributed by atoms with Gasteiger partial charge >= 0.3 is 6.18 Å². The van der Waals surface area contributed by atoms with Crippen LogP contribution in [-0.4, -0.2) is 48.9 Å². The molecule has 2 aromatic rings. The van der Waals surface area contributed by atoms with Gasteiger partial charge in [-0.25, -0.2) is 0 Å². The lowest BCUT2D eigenvalue weighted by Crippen LogP contribution is -2.56. The highest BCUT2D eigenvalue weighted by Crippen LogP contribution is 2.32. The minimum atomic E-state index is -4.64. The fourth-order valence-corrected chi connectivity index (χ4v) is 3.94. The maximum Gasteiger partial charge on any atom is 0.416 e. The number of carbonyl (C=O) groups is 3. The number of carbonyl (C=O) groups excluding carboxylic acids is 3. The molecule has 1 atom stereocenters. The first-order valence-corrected chi connectivity index (χ1v) is 13.6. The van der Waals surface area contributed by atoms with E-state index in [-0.39, 0.29) is 23.7 Å². The van der Waals surface area contributed by atoms with Gasteiger partial charge < -0.3 is 26.6 Å². The van der Waals surface area contributed by atoms with Crippen molar-refractivity contribution in [2.75, 3.05) is 25.0 Å². The van der Waals surface area contributed by atoms with Gasteiger partial charge in [-0.3, -0.25) is 14.4 Å². The minimum absolute atomic E-state index is 0.117. The van der Waals surface area contributed by atoms with Crippen molar-refractivity contribution in [3.63, 3.8) is 0 Å². The second kappa shape index (κ2) is 14.3. The molecule has 0 aromatic heterocycles. The Morgan fingerprint density at radius 3 is 2.20 bits per heavy atom. The first-order valence-electron chi connectivity index (χ1n) is 13.6. The van der Waals surface area contributed by atoms with Crippen LogP contribution in [0.4, 0.5) is 18.9 Å². The van der Waals surface area contributed by atoms with Crippen molar-refractivity contribution in [1.29, 1.82) is 0 Å². The van der Waals surface area contributed by atoms with Crippen LogP contribution >= 0.6 is 0 Å². The van der Waals surface area contributed by atoms with Crippen molar-refractivity contribution in [3.05, 3.63) is 64.2 Å². The molecule has 0 saturated heterocycles. The van der Waals surface area contributed by atoms with E-state index < -0.39 is 47.6 Å². The van der Waals surface area contributed by atoms with E-state index in [1.165, 1.54) is 6.07 Å². The average Bonchev–Trinajstić information content (AvgIpc) is 2.84. The number of aryl methyl sites for hydroxylation is 2. The van der Waals surface area contributed by atoms with Gasteiger partial charge in [0, 0.05) is 30.9 Å². The molecule has 2 rings (SSSR count). The SMILES string of the molecule is Cc1ccc(CNC[C@H](NC(=O)CNC(=O)c2cc(C(F)(F)F)ccc2NCC(C)C)C(=O)NC(C)(C)C)c(C)c1. The molecule has 0 aliphatic heterocycles. The topological polar surface area (TPSA) is 111 Å². The van der Waals surface area contributed by atoms with Crippen molar-refractivity contribution in [2.45, 2.75) is 72.8 Å². The molecule has 0 fully saturated rings. The Bertz CT molecular complexity index is 1220. The number of benzene rings is 2. The first kappa shape index (κ1) is 33.6. The van der Waals surface area contributed by atoms with E-state index in [4.69, 9.17) is 0 Å². The number of nitrogens with one attached hydrogen (secondary N) is 5. The van der Waals surface area contributed by atoms with Crippen molar-refractivity contribution >= 4 is 23.4 Å². The Morgan fingerprint density at radius 1 is 0.927 bits per heavy atom. The van der Waals surface area contributed by atoms with Crippen LogP contribution in [0.1, 0.15) is 67.2 Å². The molecule has 0 bridgehead atoms. The second-order valence-electron chi connectivity index (χ2n) is 11.6. The maximum absolute atomic E-state index is 13.3. The Labute approximate surface area is 240 Å². The van der Waals surface area contributed by atoms with Crippen molar-refractivity contribution < 1.29 is 27.6 Å². The quantitative estimate of drug-likeness (QED) is 0.258. The first-order chi connectivity index (χ1) is 19.0. The summed E-state index contributed by atoms with van der Waals surface area (Å²) in [4.78, 5) is 38.6. The van der Waals surface area contributed by atoms with Crippen molar-refractivity contribution in [1.82, 2.24) is 21.3 Å². The maximum atomic E-state index is 13.3. The fourth-order valence-electron chi connectivity index (χ4n) is 3.94. The Morgan fingerprint density at radius 2 is 1.61 bits per heavy atom. The van der Waals surface area contributed by atoms with Crippen LogP contribution in [0.25, 0.3) is 0 Å². The van der Waals surface area contributed by atoms with Gasteiger partial charge in [0.15, 0.2) is 0 Å². The number of rotatable bonds is 12. The molecule has 3 amide bonds. The number of amides is 3. The van der Waals surface area contributed by atoms with Crippen LogP contribution in [0, 0.1) is 19.8 Å². The molecular formula is C30H42F3N5O3. The monoisotopic (exact) mass is 577 g/mol. The fraction of sp³-hybridized carbons (Fsp3) is 0.500. The smallest absolute Gasteiger partial charge is 0.384 e. The van der Waals surface area contributed by atoms with E-state index in [9.17, 15) is 27.6 Å². The summed E-state index contributed by atoms with van der Waals surface area (Å²) >= 11 is 0. The van der Waals surface area contributed by atoms with Gasteiger partial charge in [-0.1, -0.05) is 37.6 Å². The zero-order valence-electron chi connectivity index (χ0n) is 24.8. The third-order valence-corrected chi connectivity index (χ3v) is 6.01. The third-order valence-electron chi connectivity index (χ3n) is 6.01. The summed E-state index contributed by atoms with van der Waals surface area (Å²) in [5.74, 6) is -1.74. The van der Waals surface area contributed by atoms with Gasteiger partial charge in [-0.15, -0.1) is 0 Å². The summed E-state index contributed by atoms with van der Waals surface area (Å²) in [6.45, 7) is 13.8. The van der Waals surface area contributed by atoms with E-state index in [1.807, 2.05) is 60.6 Å². The lowest BCUT2D eigenvalue weighted by Gasteiger charge is -2.26. The molecule has 0 radical (unpaired) electrons. The standard InChI is InChI=1S/C30H42F3N5O3/c1-18(2)14-35-24-11-10-22(30(31,32)33)13-23(24)27(40)36-17-26(39)37-25(28(41)38-29(5,6)7)16-34-15-21-9-8-19(3)12-20(21)4/h8-13,18,25,34-35H,14-17H2,1-7H3,(H,36,40)(H,37,39)(H,38,41)/t25-/m0/s1. The summed E-state index contributed by atoms with van der Waals surface area (Å²) in [7, 11) is 0. The number of alkyl halides is 3. The van der Waals surface area contributed by atoms with E-state index in [1.54, 1.807) is 0 Å². The molecule has 0 spiro atoms. The van der Waals surface area contributed by atoms with Gasteiger partial charge in [0.1, 0.15) is 6.04 Å². The van der Waals surface area contributed by atoms with Crippen LogP contribution in [0.5, 0.6) is 0 Å². The van der Waals surface area contributed by atoms with E-state index in [2.05, 4.69) is 32.7 Å². The predicted octanol–water partition coefficient (Wildman–Crippen LogP) is 4.31. The molecule has 11 heteroatoms. The Hall–Kier alpha value is -3.60. The number of halogens is 3. The Kier molecular flexibility index (Phi) is 11.8. The molecule has 0 unspecified atom stereocenters. The van der Waals surface area contributed by atoms with E-state index in [0.717, 1.165) is 28.8 Å². The highest BCUT2D eigenvalue weighted by molar-refractivity contribution is 6.01. The molecule has 8 nitrogen and oxygen atoms in total. The van der Waals surface area contributed by atoms with Crippen LogP contribution in [0.15, 0.2) is 36.4 Å². The highest BCUT2D eigenvalue weighted by Gasteiger charge is 2.32. The number of hydrogen-bond donors (Lipinski definition) is 5. The van der Waals surface area contributed by atoms with Crippen LogP contribution < -0.4 is 26.6 Å². The van der Waals surface area contributed by atoms with Gasteiger partial charge in [0.2, 0.25) is 11.8 Å². The summed E-state index contributed by atoms with van der Waals surface area (Å²) in [5.41, 5.74) is 1.74. The zero-order chi connectivity index (χ0) is 31.0. The molecule has 226 valence electrons. The van der Waals surface area contributed by atoms with Gasteiger partial charge in [0.05, 0.1) is 17.7 Å². The lowest BCUT2D eigenvalue weighted by molar-refractivity contribution is -0.137. The summed E-state index contributed by atoms with van der Waals surface area (Å²) < 4.78 is 40.0. The third kappa shape index (κ3) is 11.4. The minimum Gasteiger partial charge on any atom is -0.384 e. The van der Waals surface area contributed by atoms with Crippen LogP contribution in [0.2, 0.25) is 0 Å². The normalized spacial score (nSPS) is 12.6. The molecule has 0 aliphatic carbocycles. The molecule has 0 saturated carbocycles. The van der Waals surface area contributed by atoms with Gasteiger partial charge in [-0.05, 0) is 69.9 Å². The summed E-state index contributed by atoms with van der Waals surface area (Å²) in [6.07, 6.45) is -4.64. The van der Waals surface area contributed by atoms with Crippen molar-refractivity contribution in [3.8, 4) is 0 Å². The van der Waals surface area contributed by atoms with E-state index in [0.29, 0.717) is 13.1 Å². The number of hydrogen-bond acceptors (Lipinski definition) is 5.